The molecule has 1 aliphatic heterocycles. The van der Waals surface area contributed by atoms with Crippen molar-refractivity contribution in [2.45, 2.75) is 19.4 Å². The van der Waals surface area contributed by atoms with Gasteiger partial charge in [-0.15, -0.1) is 0 Å². The predicted molar refractivity (Wildman–Crippen MR) is 70.9 cm³/mol. The third kappa shape index (κ3) is 2.87. The van der Waals surface area contributed by atoms with E-state index in [1.54, 1.807) is 11.0 Å². The molecule has 1 aromatic rings. The van der Waals surface area contributed by atoms with Gasteiger partial charge in [-0.2, -0.15) is 0 Å². The number of hydrogen-bond acceptors (Lipinski definition) is 3. The summed E-state index contributed by atoms with van der Waals surface area (Å²) >= 11 is 0. The first-order valence-corrected chi connectivity index (χ1v) is 6.52. The number of halogens is 1. The lowest BCUT2D eigenvalue weighted by molar-refractivity contribution is 0.0611. The zero-order chi connectivity index (χ0) is 13.8. The van der Waals surface area contributed by atoms with Crippen LogP contribution in [0.15, 0.2) is 18.2 Å². The van der Waals surface area contributed by atoms with Crippen LogP contribution in [0.2, 0.25) is 0 Å². The molecule has 1 saturated heterocycles. The van der Waals surface area contributed by atoms with E-state index in [9.17, 15) is 9.18 Å². The van der Waals surface area contributed by atoms with Gasteiger partial charge in [0.15, 0.2) is 0 Å². The number of methoxy groups -OCH3 is 1. The summed E-state index contributed by atoms with van der Waals surface area (Å²) in [6.07, 6.45) is 0.861. The zero-order valence-electron chi connectivity index (χ0n) is 11.3. The van der Waals surface area contributed by atoms with Gasteiger partial charge in [-0.25, -0.2) is 4.39 Å². The van der Waals surface area contributed by atoms with E-state index in [0.29, 0.717) is 12.3 Å². The van der Waals surface area contributed by atoms with E-state index in [4.69, 9.17) is 4.74 Å². The molecule has 104 valence electrons. The number of ether oxygens (including phenoxy) is 1. The fraction of sp³-hybridized carbons (Fsp3) is 0.500. The molecule has 1 fully saturated rings. The summed E-state index contributed by atoms with van der Waals surface area (Å²) in [6, 6.07) is 4.52. The topological polar surface area (TPSA) is 41.6 Å². The average Bonchev–Trinajstić information content (AvgIpc) is 2.35. The minimum Gasteiger partial charge on any atom is -0.497 e. The van der Waals surface area contributed by atoms with Crippen molar-refractivity contribution in [3.05, 3.63) is 29.6 Å². The molecule has 0 aromatic heterocycles. The molecule has 0 bridgehead atoms. The molecule has 4 nitrogen and oxygen atoms in total. The van der Waals surface area contributed by atoms with Gasteiger partial charge < -0.3 is 15.0 Å². The molecule has 0 spiro atoms. The first kappa shape index (κ1) is 13.8. The van der Waals surface area contributed by atoms with Gasteiger partial charge in [0, 0.05) is 25.7 Å². The Morgan fingerprint density at radius 3 is 2.74 bits per heavy atom. The number of nitrogens with one attached hydrogen (secondary N) is 1. The molecule has 0 saturated carbocycles. The van der Waals surface area contributed by atoms with Crippen molar-refractivity contribution in [1.29, 1.82) is 0 Å². The highest BCUT2D eigenvalue weighted by Crippen LogP contribution is 2.19. The molecular weight excluding hydrogens is 247 g/mol. The van der Waals surface area contributed by atoms with Gasteiger partial charge in [0.25, 0.3) is 5.91 Å². The highest BCUT2D eigenvalue weighted by atomic mass is 19.1. The SMILES string of the molecule is CCCN(C(=O)c1ccc(OC)cc1F)C1CNC1. The molecule has 0 unspecified atom stereocenters. The van der Waals surface area contributed by atoms with Gasteiger partial charge in [0.2, 0.25) is 0 Å². The van der Waals surface area contributed by atoms with E-state index in [-0.39, 0.29) is 17.5 Å². The van der Waals surface area contributed by atoms with Crippen LogP contribution in [-0.4, -0.2) is 43.6 Å². The standard InChI is InChI=1S/C14H19FN2O2/c1-3-6-17(10-8-16-9-10)14(18)12-5-4-11(19-2)7-13(12)15/h4-5,7,10,16H,3,6,8-9H2,1-2H3. The van der Waals surface area contributed by atoms with Crippen molar-refractivity contribution in [2.75, 3.05) is 26.7 Å². The smallest absolute Gasteiger partial charge is 0.257 e. The fourth-order valence-corrected chi connectivity index (χ4v) is 2.14. The van der Waals surface area contributed by atoms with Crippen LogP contribution in [0.1, 0.15) is 23.7 Å². The molecule has 2 rings (SSSR count). The maximum absolute atomic E-state index is 13.9. The van der Waals surface area contributed by atoms with E-state index < -0.39 is 5.82 Å². The van der Waals surface area contributed by atoms with Gasteiger partial charge in [-0.3, -0.25) is 4.79 Å². The Bertz CT molecular complexity index is 461. The fourth-order valence-electron chi connectivity index (χ4n) is 2.14. The molecule has 19 heavy (non-hydrogen) atoms. The number of rotatable bonds is 5. The summed E-state index contributed by atoms with van der Waals surface area (Å²) in [5.41, 5.74) is 0.112. The highest BCUT2D eigenvalue weighted by molar-refractivity contribution is 5.95. The molecule has 0 aliphatic carbocycles. The lowest BCUT2D eigenvalue weighted by Crippen LogP contribution is -2.59. The van der Waals surface area contributed by atoms with Crippen molar-refractivity contribution in [2.24, 2.45) is 0 Å². The number of amides is 1. The number of nitrogens with zero attached hydrogens (tertiary/aromatic N) is 1. The molecule has 1 heterocycles. The number of carbonyl (C=O) groups excluding carboxylic acids is 1. The maximum Gasteiger partial charge on any atom is 0.257 e. The Hall–Kier alpha value is -1.62. The van der Waals surface area contributed by atoms with Crippen molar-refractivity contribution >= 4 is 5.91 Å². The van der Waals surface area contributed by atoms with E-state index in [0.717, 1.165) is 19.5 Å². The van der Waals surface area contributed by atoms with Gasteiger partial charge in [0.05, 0.1) is 18.7 Å². The molecular formula is C14H19FN2O2. The largest absolute Gasteiger partial charge is 0.497 e. The first-order valence-electron chi connectivity index (χ1n) is 6.52. The minimum absolute atomic E-state index is 0.112. The number of hydrogen-bond donors (Lipinski definition) is 1. The second-order valence-electron chi connectivity index (χ2n) is 4.66. The van der Waals surface area contributed by atoms with Crippen molar-refractivity contribution < 1.29 is 13.9 Å². The van der Waals surface area contributed by atoms with Gasteiger partial charge in [-0.1, -0.05) is 6.92 Å². The van der Waals surface area contributed by atoms with Crippen molar-refractivity contribution in [1.82, 2.24) is 10.2 Å². The van der Waals surface area contributed by atoms with Gasteiger partial charge in [-0.05, 0) is 18.6 Å². The Labute approximate surface area is 112 Å². The van der Waals surface area contributed by atoms with E-state index in [1.807, 2.05) is 6.92 Å². The third-order valence-electron chi connectivity index (χ3n) is 3.33. The summed E-state index contributed by atoms with van der Waals surface area (Å²) < 4.78 is 18.9. The third-order valence-corrected chi connectivity index (χ3v) is 3.33. The van der Waals surface area contributed by atoms with Crippen LogP contribution in [0.25, 0.3) is 0 Å². The predicted octanol–water partition coefficient (Wildman–Crippen LogP) is 1.66. The number of benzene rings is 1. The quantitative estimate of drug-likeness (QED) is 0.881. The van der Waals surface area contributed by atoms with Crippen LogP contribution in [0.5, 0.6) is 5.75 Å². The van der Waals surface area contributed by atoms with Gasteiger partial charge in [0.1, 0.15) is 11.6 Å². The van der Waals surface area contributed by atoms with Crippen LogP contribution in [0, 0.1) is 5.82 Å². The summed E-state index contributed by atoms with van der Waals surface area (Å²) in [7, 11) is 1.47. The normalized spacial score (nSPS) is 14.9. The Morgan fingerprint density at radius 1 is 1.53 bits per heavy atom. The van der Waals surface area contributed by atoms with Crippen molar-refractivity contribution in [3.8, 4) is 5.75 Å². The molecule has 1 aromatic carbocycles. The van der Waals surface area contributed by atoms with Crippen LogP contribution in [-0.2, 0) is 0 Å². The summed E-state index contributed by atoms with van der Waals surface area (Å²) in [5.74, 6) is -0.354. The lowest BCUT2D eigenvalue weighted by Gasteiger charge is -2.38. The monoisotopic (exact) mass is 266 g/mol. The van der Waals surface area contributed by atoms with E-state index >= 15 is 0 Å². The van der Waals surface area contributed by atoms with E-state index in [2.05, 4.69) is 5.32 Å². The maximum atomic E-state index is 13.9. The molecule has 5 heteroatoms. The lowest BCUT2D eigenvalue weighted by atomic mass is 10.1. The Morgan fingerprint density at radius 2 is 2.26 bits per heavy atom. The number of carbonyl (C=O) groups is 1. The summed E-state index contributed by atoms with van der Waals surface area (Å²) in [6.45, 7) is 4.22. The Balaban J connectivity index is 2.20. The van der Waals surface area contributed by atoms with Crippen LogP contribution >= 0.6 is 0 Å². The molecule has 0 radical (unpaired) electrons. The second kappa shape index (κ2) is 6.02. The molecule has 1 amide bonds. The Kier molecular flexibility index (Phi) is 4.37. The summed E-state index contributed by atoms with van der Waals surface area (Å²) in [4.78, 5) is 14.2. The molecule has 0 atom stereocenters. The van der Waals surface area contributed by atoms with E-state index in [1.165, 1.54) is 19.2 Å². The molecule has 1 N–H and O–H groups in total. The minimum atomic E-state index is -0.530. The molecule has 1 aliphatic rings. The second-order valence-corrected chi connectivity index (χ2v) is 4.66. The summed E-state index contributed by atoms with van der Waals surface area (Å²) in [5, 5.41) is 3.13. The van der Waals surface area contributed by atoms with Crippen LogP contribution < -0.4 is 10.1 Å². The zero-order valence-corrected chi connectivity index (χ0v) is 11.3. The van der Waals surface area contributed by atoms with Crippen LogP contribution in [0.3, 0.4) is 0 Å². The highest BCUT2D eigenvalue weighted by Gasteiger charge is 2.29. The van der Waals surface area contributed by atoms with Gasteiger partial charge >= 0.3 is 0 Å². The van der Waals surface area contributed by atoms with Crippen LogP contribution in [0.4, 0.5) is 4.39 Å². The average molecular weight is 266 g/mol. The first-order chi connectivity index (χ1) is 9.17. The van der Waals surface area contributed by atoms with Crippen molar-refractivity contribution in [3.63, 3.8) is 0 Å².